The highest BCUT2D eigenvalue weighted by Gasteiger charge is 2.50. The van der Waals surface area contributed by atoms with Crippen molar-refractivity contribution in [3.05, 3.63) is 23.8 Å². The van der Waals surface area contributed by atoms with Crippen LogP contribution in [-0.2, 0) is 9.84 Å². The van der Waals surface area contributed by atoms with E-state index in [1.807, 2.05) is 13.8 Å². The lowest BCUT2D eigenvalue weighted by Gasteiger charge is -2.52. The van der Waals surface area contributed by atoms with E-state index in [1.54, 1.807) is 23.1 Å². The number of carbonyl (C=O) groups excluding carboxylic acids is 1. The Balaban J connectivity index is 1.82. The van der Waals surface area contributed by atoms with Crippen LogP contribution in [0.4, 0.5) is 0 Å². The summed E-state index contributed by atoms with van der Waals surface area (Å²) in [6.45, 7) is 4.75. The molecule has 126 valence electrons. The number of ether oxygens (including phenoxy) is 2. The minimum atomic E-state index is -3.00. The zero-order valence-electron chi connectivity index (χ0n) is 13.3. The molecular weight excluding hydrogens is 318 g/mol. The topological polar surface area (TPSA) is 72.9 Å². The smallest absolute Gasteiger partial charge is 0.254 e. The highest BCUT2D eigenvalue weighted by Crippen LogP contribution is 2.36. The number of carbonyl (C=O) groups is 1. The molecule has 0 aliphatic carbocycles. The van der Waals surface area contributed by atoms with E-state index in [9.17, 15) is 13.2 Å². The minimum Gasteiger partial charge on any atom is -0.490 e. The first-order valence-electron chi connectivity index (χ1n) is 7.88. The first-order valence-corrected chi connectivity index (χ1v) is 9.70. The number of fused-ring (bicyclic) bond motifs is 2. The van der Waals surface area contributed by atoms with Gasteiger partial charge in [-0.25, -0.2) is 8.42 Å². The Morgan fingerprint density at radius 2 is 1.74 bits per heavy atom. The Labute approximate surface area is 136 Å². The molecule has 6 nitrogen and oxygen atoms in total. The first-order chi connectivity index (χ1) is 10.9. The Morgan fingerprint density at radius 3 is 2.35 bits per heavy atom. The van der Waals surface area contributed by atoms with Crippen LogP contribution in [0.1, 0.15) is 30.6 Å². The quantitative estimate of drug-likeness (QED) is 0.813. The summed E-state index contributed by atoms with van der Waals surface area (Å²) in [6.07, 6.45) is 0.778. The number of likely N-dealkylation sites (tertiary alicyclic amines) is 1. The van der Waals surface area contributed by atoms with Crippen molar-refractivity contribution < 1.29 is 22.7 Å². The normalized spacial score (nSPS) is 24.7. The van der Waals surface area contributed by atoms with Crippen LogP contribution in [-0.4, -0.2) is 56.0 Å². The molecule has 0 radical (unpaired) electrons. The average Bonchev–Trinajstić information content (AvgIpc) is 2.47. The zero-order chi connectivity index (χ0) is 16.6. The Bertz CT molecular complexity index is 697. The van der Waals surface area contributed by atoms with Crippen LogP contribution in [0.3, 0.4) is 0 Å². The predicted octanol–water partition coefficient (Wildman–Crippen LogP) is 1.50. The summed E-state index contributed by atoms with van der Waals surface area (Å²) >= 11 is 0. The fraction of sp³-hybridized carbons (Fsp3) is 0.562. The van der Waals surface area contributed by atoms with Crippen LogP contribution in [0.15, 0.2) is 18.2 Å². The van der Waals surface area contributed by atoms with Crippen LogP contribution in [0.2, 0.25) is 0 Å². The van der Waals surface area contributed by atoms with Gasteiger partial charge >= 0.3 is 0 Å². The summed E-state index contributed by atoms with van der Waals surface area (Å²) in [6, 6.07) is 4.74. The van der Waals surface area contributed by atoms with Gasteiger partial charge in [0, 0.05) is 17.6 Å². The van der Waals surface area contributed by atoms with E-state index in [0.717, 1.165) is 6.42 Å². The second-order valence-electron chi connectivity index (χ2n) is 5.86. The third-order valence-corrected chi connectivity index (χ3v) is 6.03. The van der Waals surface area contributed by atoms with E-state index in [1.165, 1.54) is 0 Å². The molecule has 7 heteroatoms. The molecule has 3 rings (SSSR count). The van der Waals surface area contributed by atoms with Crippen molar-refractivity contribution in [1.82, 2.24) is 4.90 Å². The van der Waals surface area contributed by atoms with E-state index in [0.29, 0.717) is 30.3 Å². The summed E-state index contributed by atoms with van der Waals surface area (Å²) < 4.78 is 34.4. The lowest BCUT2D eigenvalue weighted by molar-refractivity contribution is 0.0244. The van der Waals surface area contributed by atoms with Crippen molar-refractivity contribution in [2.24, 2.45) is 0 Å². The molecule has 1 aromatic carbocycles. The fourth-order valence-corrected chi connectivity index (χ4v) is 5.22. The van der Waals surface area contributed by atoms with E-state index >= 15 is 0 Å². The zero-order valence-corrected chi connectivity index (χ0v) is 14.1. The molecule has 1 amide bonds. The van der Waals surface area contributed by atoms with Crippen LogP contribution in [0, 0.1) is 0 Å². The predicted molar refractivity (Wildman–Crippen MR) is 85.8 cm³/mol. The number of amides is 1. The maximum absolute atomic E-state index is 12.7. The number of nitrogens with zero attached hydrogens (tertiary/aromatic N) is 1. The maximum atomic E-state index is 12.7. The number of sulfone groups is 1. The summed E-state index contributed by atoms with van der Waals surface area (Å²) in [5, 5.41) is 0. The molecule has 2 fully saturated rings. The van der Waals surface area contributed by atoms with Gasteiger partial charge in [0.1, 0.15) is 0 Å². The van der Waals surface area contributed by atoms with Crippen molar-refractivity contribution in [2.45, 2.75) is 32.4 Å². The molecule has 0 aromatic heterocycles. The van der Waals surface area contributed by atoms with Gasteiger partial charge < -0.3 is 14.4 Å². The van der Waals surface area contributed by atoms with Gasteiger partial charge in [0.2, 0.25) is 0 Å². The summed E-state index contributed by atoms with van der Waals surface area (Å²) in [7, 11) is -3.00. The van der Waals surface area contributed by atoms with Crippen LogP contribution < -0.4 is 9.47 Å². The first kappa shape index (κ1) is 16.1. The number of rotatable bonds is 5. The second kappa shape index (κ2) is 6.03. The van der Waals surface area contributed by atoms with Crippen molar-refractivity contribution in [3.8, 4) is 11.5 Å². The molecule has 2 aliphatic heterocycles. The molecule has 0 spiro atoms. The Kier molecular flexibility index (Phi) is 4.23. The highest BCUT2D eigenvalue weighted by molar-refractivity contribution is 7.91. The van der Waals surface area contributed by atoms with Crippen molar-refractivity contribution in [3.63, 3.8) is 0 Å². The van der Waals surface area contributed by atoms with Gasteiger partial charge in [0.05, 0.1) is 24.7 Å². The molecular formula is C16H21NO5S. The van der Waals surface area contributed by atoms with Gasteiger partial charge in [-0.2, -0.15) is 0 Å². The number of hydrogen-bond donors (Lipinski definition) is 0. The van der Waals surface area contributed by atoms with E-state index in [2.05, 4.69) is 0 Å². The molecule has 2 heterocycles. The number of hydrogen-bond acceptors (Lipinski definition) is 5. The maximum Gasteiger partial charge on any atom is 0.254 e. The molecule has 0 saturated carbocycles. The summed E-state index contributed by atoms with van der Waals surface area (Å²) in [4.78, 5) is 14.4. The van der Waals surface area contributed by atoms with Crippen LogP contribution in [0.25, 0.3) is 0 Å². The molecule has 23 heavy (non-hydrogen) atoms. The largest absolute Gasteiger partial charge is 0.490 e. The fourth-order valence-electron chi connectivity index (χ4n) is 3.32. The molecule has 2 bridgehead atoms. The molecule has 2 unspecified atom stereocenters. The monoisotopic (exact) mass is 339 g/mol. The van der Waals surface area contributed by atoms with Gasteiger partial charge in [0.25, 0.3) is 5.91 Å². The molecule has 0 N–H and O–H groups in total. The van der Waals surface area contributed by atoms with Crippen molar-refractivity contribution in [1.29, 1.82) is 0 Å². The molecule has 2 saturated heterocycles. The van der Waals surface area contributed by atoms with Gasteiger partial charge in [-0.3, -0.25) is 4.79 Å². The minimum absolute atomic E-state index is 0.0740. The van der Waals surface area contributed by atoms with E-state index in [-0.39, 0.29) is 29.5 Å². The van der Waals surface area contributed by atoms with Crippen LogP contribution >= 0.6 is 0 Å². The van der Waals surface area contributed by atoms with Crippen LogP contribution in [0.5, 0.6) is 11.5 Å². The molecule has 2 atom stereocenters. The van der Waals surface area contributed by atoms with Crippen molar-refractivity contribution >= 4 is 15.7 Å². The molecule has 1 aromatic rings. The highest BCUT2D eigenvalue weighted by atomic mass is 32.2. The summed E-state index contributed by atoms with van der Waals surface area (Å²) in [5.41, 5.74) is 0.505. The third kappa shape index (κ3) is 3.02. The lowest BCUT2D eigenvalue weighted by Crippen LogP contribution is -2.67. The second-order valence-corrected chi connectivity index (χ2v) is 8.01. The van der Waals surface area contributed by atoms with Gasteiger partial charge in [-0.1, -0.05) is 0 Å². The lowest BCUT2D eigenvalue weighted by atomic mass is 9.93. The number of benzene rings is 1. The average molecular weight is 339 g/mol. The SMILES string of the molecule is CCOc1ccc(C(=O)N2C3CC2CS(=O)(=O)C3)cc1OCC. The van der Waals surface area contributed by atoms with Gasteiger partial charge in [-0.05, 0) is 38.5 Å². The Hall–Kier alpha value is -1.76. The summed E-state index contributed by atoms with van der Waals surface area (Å²) in [5.74, 6) is 1.16. The van der Waals surface area contributed by atoms with Crippen molar-refractivity contribution in [2.75, 3.05) is 24.7 Å². The van der Waals surface area contributed by atoms with Gasteiger partial charge in [0.15, 0.2) is 21.3 Å². The standard InChI is InChI=1S/C16H21NO5S/c1-3-21-14-6-5-11(7-15(14)22-4-2)16(18)17-12-8-13(17)10-23(19,20)9-12/h5-7,12-13H,3-4,8-10H2,1-2H3. The van der Waals surface area contributed by atoms with E-state index < -0.39 is 9.84 Å². The van der Waals surface area contributed by atoms with E-state index in [4.69, 9.17) is 9.47 Å². The third-order valence-electron chi connectivity index (χ3n) is 4.25. The Morgan fingerprint density at radius 1 is 1.13 bits per heavy atom. The van der Waals surface area contributed by atoms with Gasteiger partial charge in [-0.15, -0.1) is 0 Å². The molecule has 2 aliphatic rings.